The first-order valence-corrected chi connectivity index (χ1v) is 6.76. The van der Waals surface area contributed by atoms with Crippen molar-refractivity contribution in [3.05, 3.63) is 53.0 Å². The van der Waals surface area contributed by atoms with Gasteiger partial charge < -0.3 is 10.5 Å². The lowest BCUT2D eigenvalue weighted by Gasteiger charge is -2.09. The molecule has 2 aromatic rings. The number of nitrogens with two attached hydrogens (primary N) is 1. The molecule has 0 saturated heterocycles. The van der Waals surface area contributed by atoms with Gasteiger partial charge in [0.25, 0.3) is 0 Å². The molecule has 3 nitrogen and oxygen atoms in total. The molecule has 4 heteroatoms. The summed E-state index contributed by atoms with van der Waals surface area (Å²) < 4.78 is 18.9. The van der Waals surface area contributed by atoms with Crippen molar-refractivity contribution in [3.63, 3.8) is 0 Å². The van der Waals surface area contributed by atoms with E-state index in [9.17, 15) is 4.39 Å². The van der Waals surface area contributed by atoms with Gasteiger partial charge in [0.2, 0.25) is 5.88 Å². The van der Waals surface area contributed by atoms with Crippen LogP contribution in [0.25, 0.3) is 0 Å². The van der Waals surface area contributed by atoms with E-state index in [-0.39, 0.29) is 5.82 Å². The Kier molecular flexibility index (Phi) is 4.69. The number of halogens is 1. The summed E-state index contributed by atoms with van der Waals surface area (Å²) in [5.41, 5.74) is 8.18. The van der Waals surface area contributed by atoms with Gasteiger partial charge in [0.15, 0.2) is 0 Å². The number of aryl methyl sites for hydroxylation is 2. The molecule has 1 aromatic carbocycles. The quantitative estimate of drug-likeness (QED) is 0.903. The number of rotatable bonds is 5. The van der Waals surface area contributed by atoms with Crippen LogP contribution >= 0.6 is 0 Å². The van der Waals surface area contributed by atoms with E-state index >= 15 is 0 Å². The molecule has 0 bridgehead atoms. The molecule has 0 radical (unpaired) electrons. The topological polar surface area (TPSA) is 48.1 Å². The van der Waals surface area contributed by atoms with Crippen LogP contribution in [-0.4, -0.2) is 4.98 Å². The summed E-state index contributed by atoms with van der Waals surface area (Å²) in [4.78, 5) is 4.45. The zero-order valence-electron chi connectivity index (χ0n) is 11.8. The van der Waals surface area contributed by atoms with E-state index in [0.717, 1.165) is 24.1 Å². The number of pyridine rings is 1. The largest absolute Gasteiger partial charge is 0.439 e. The average Bonchev–Trinajstić information content (AvgIpc) is 2.43. The minimum atomic E-state index is -0.243. The lowest BCUT2D eigenvalue weighted by molar-refractivity contribution is 0.457. The molecule has 0 amide bonds. The smallest absolute Gasteiger partial charge is 0.219 e. The Labute approximate surface area is 118 Å². The molecule has 20 heavy (non-hydrogen) atoms. The Balaban J connectivity index is 2.27. The maximum atomic E-state index is 13.2. The van der Waals surface area contributed by atoms with Gasteiger partial charge in [0.1, 0.15) is 11.6 Å². The summed E-state index contributed by atoms with van der Waals surface area (Å²) in [6.45, 7) is 4.24. The normalized spacial score (nSPS) is 10.6. The number of ether oxygens (including phenoxy) is 1. The van der Waals surface area contributed by atoms with Crippen molar-refractivity contribution in [3.8, 4) is 11.6 Å². The lowest BCUT2D eigenvalue weighted by Crippen LogP contribution is -2.01. The average molecular weight is 274 g/mol. The molecule has 0 spiro atoms. The van der Waals surface area contributed by atoms with E-state index < -0.39 is 0 Å². The van der Waals surface area contributed by atoms with Crippen molar-refractivity contribution in [2.45, 2.75) is 33.2 Å². The van der Waals surface area contributed by atoms with E-state index in [1.807, 2.05) is 12.1 Å². The van der Waals surface area contributed by atoms with Gasteiger partial charge in [-0.3, -0.25) is 0 Å². The van der Waals surface area contributed by atoms with E-state index in [0.29, 0.717) is 23.7 Å². The molecule has 0 atom stereocenters. The third-order valence-corrected chi connectivity index (χ3v) is 3.01. The first-order chi connectivity index (χ1) is 9.62. The third kappa shape index (κ3) is 3.54. The van der Waals surface area contributed by atoms with Crippen molar-refractivity contribution in [1.82, 2.24) is 4.98 Å². The van der Waals surface area contributed by atoms with E-state index in [1.165, 1.54) is 6.07 Å². The predicted octanol–water partition coefficient (Wildman–Crippen LogP) is 3.73. The molecule has 0 aliphatic heterocycles. The molecule has 0 unspecified atom stereocenters. The first-order valence-electron chi connectivity index (χ1n) is 6.76. The Morgan fingerprint density at radius 1 is 1.25 bits per heavy atom. The van der Waals surface area contributed by atoms with Crippen molar-refractivity contribution in [1.29, 1.82) is 0 Å². The van der Waals surface area contributed by atoms with Gasteiger partial charge in [0.05, 0.1) is 0 Å². The van der Waals surface area contributed by atoms with Crippen LogP contribution in [0.15, 0.2) is 30.3 Å². The summed E-state index contributed by atoms with van der Waals surface area (Å²) in [5, 5.41) is 0. The van der Waals surface area contributed by atoms with Crippen molar-refractivity contribution in [2.75, 3.05) is 0 Å². The van der Waals surface area contributed by atoms with Crippen molar-refractivity contribution >= 4 is 0 Å². The molecule has 2 N–H and O–H groups in total. The van der Waals surface area contributed by atoms with Gasteiger partial charge in [-0.05, 0) is 48.7 Å². The second kappa shape index (κ2) is 6.48. The van der Waals surface area contributed by atoms with Crippen LogP contribution in [-0.2, 0) is 13.0 Å². The van der Waals surface area contributed by atoms with E-state index in [4.69, 9.17) is 10.5 Å². The highest BCUT2D eigenvalue weighted by Gasteiger charge is 2.06. The predicted molar refractivity (Wildman–Crippen MR) is 77.3 cm³/mol. The van der Waals surface area contributed by atoms with Gasteiger partial charge in [0, 0.05) is 18.3 Å². The molecule has 0 aliphatic carbocycles. The van der Waals surface area contributed by atoms with Crippen molar-refractivity contribution in [2.24, 2.45) is 5.73 Å². The summed E-state index contributed by atoms with van der Waals surface area (Å²) in [6, 6.07) is 8.46. The molecule has 2 rings (SSSR count). The fourth-order valence-electron chi connectivity index (χ4n) is 1.98. The van der Waals surface area contributed by atoms with Crippen LogP contribution < -0.4 is 10.5 Å². The molecule has 106 valence electrons. The van der Waals surface area contributed by atoms with Gasteiger partial charge in [-0.2, -0.15) is 0 Å². The van der Waals surface area contributed by atoms with Crippen LogP contribution in [0.5, 0.6) is 11.6 Å². The van der Waals surface area contributed by atoms with Crippen LogP contribution in [0, 0.1) is 12.7 Å². The highest BCUT2D eigenvalue weighted by Crippen LogP contribution is 2.23. The standard InChI is InChI=1S/C16H19FN2O/c1-3-4-13-8-12(10-18)9-16(19-13)20-14-5-6-15(17)11(2)7-14/h5-9H,3-4,10,18H2,1-2H3. The second-order valence-corrected chi connectivity index (χ2v) is 4.77. The molecule has 1 heterocycles. The second-order valence-electron chi connectivity index (χ2n) is 4.77. The Morgan fingerprint density at radius 2 is 2.05 bits per heavy atom. The molecular weight excluding hydrogens is 255 g/mol. The lowest BCUT2D eigenvalue weighted by atomic mass is 10.1. The number of hydrogen-bond donors (Lipinski definition) is 1. The van der Waals surface area contributed by atoms with Crippen LogP contribution in [0.2, 0.25) is 0 Å². The van der Waals surface area contributed by atoms with Gasteiger partial charge in [-0.15, -0.1) is 0 Å². The summed E-state index contributed by atoms with van der Waals surface area (Å²) in [7, 11) is 0. The van der Waals surface area contributed by atoms with Gasteiger partial charge in [-0.1, -0.05) is 13.3 Å². The van der Waals surface area contributed by atoms with Crippen molar-refractivity contribution < 1.29 is 9.13 Å². The number of benzene rings is 1. The third-order valence-electron chi connectivity index (χ3n) is 3.01. The van der Waals surface area contributed by atoms with E-state index in [2.05, 4.69) is 11.9 Å². The number of aromatic nitrogens is 1. The SMILES string of the molecule is CCCc1cc(CN)cc(Oc2ccc(F)c(C)c2)n1. The monoisotopic (exact) mass is 274 g/mol. The maximum Gasteiger partial charge on any atom is 0.219 e. The minimum absolute atomic E-state index is 0.243. The van der Waals surface area contributed by atoms with Crippen LogP contribution in [0.1, 0.15) is 30.2 Å². The Hall–Kier alpha value is -1.94. The zero-order chi connectivity index (χ0) is 14.5. The molecule has 0 saturated carbocycles. The maximum absolute atomic E-state index is 13.2. The van der Waals surface area contributed by atoms with Gasteiger partial charge >= 0.3 is 0 Å². The molecule has 0 fully saturated rings. The molecule has 1 aromatic heterocycles. The molecular formula is C16H19FN2O. The highest BCUT2D eigenvalue weighted by atomic mass is 19.1. The Bertz CT molecular complexity index is 599. The van der Waals surface area contributed by atoms with Crippen LogP contribution in [0.4, 0.5) is 4.39 Å². The number of nitrogens with zero attached hydrogens (tertiary/aromatic N) is 1. The highest BCUT2D eigenvalue weighted by molar-refractivity contribution is 5.33. The summed E-state index contributed by atoms with van der Waals surface area (Å²) >= 11 is 0. The minimum Gasteiger partial charge on any atom is -0.439 e. The molecule has 0 aliphatic rings. The number of hydrogen-bond acceptors (Lipinski definition) is 3. The van der Waals surface area contributed by atoms with E-state index in [1.54, 1.807) is 19.1 Å². The van der Waals surface area contributed by atoms with Crippen LogP contribution in [0.3, 0.4) is 0 Å². The first kappa shape index (κ1) is 14.5. The summed E-state index contributed by atoms with van der Waals surface area (Å²) in [5.74, 6) is 0.836. The zero-order valence-corrected chi connectivity index (χ0v) is 11.8. The fourth-order valence-corrected chi connectivity index (χ4v) is 1.98. The summed E-state index contributed by atoms with van der Waals surface area (Å²) in [6.07, 6.45) is 1.89. The fraction of sp³-hybridized carbons (Fsp3) is 0.312. The van der Waals surface area contributed by atoms with Gasteiger partial charge in [-0.25, -0.2) is 9.37 Å². The Morgan fingerprint density at radius 3 is 2.70 bits per heavy atom.